The summed E-state index contributed by atoms with van der Waals surface area (Å²) in [6.45, 7) is 2.48. The normalized spacial score (nSPS) is 14.3. The molecule has 9 heteroatoms. The zero-order valence-corrected chi connectivity index (χ0v) is 16.0. The molecule has 0 bridgehead atoms. The summed E-state index contributed by atoms with van der Waals surface area (Å²) >= 11 is 0. The number of carbonyl (C=O) groups excluding carboxylic acids is 1. The highest BCUT2D eigenvalue weighted by atomic mass is 16.5. The molecule has 2 aromatic rings. The molecule has 9 nitrogen and oxygen atoms in total. The predicted octanol–water partition coefficient (Wildman–Crippen LogP) is 1.59. The van der Waals surface area contributed by atoms with Gasteiger partial charge in [0.1, 0.15) is 11.4 Å². The van der Waals surface area contributed by atoms with Crippen molar-refractivity contribution in [2.45, 2.75) is 0 Å². The highest BCUT2D eigenvalue weighted by Gasteiger charge is 2.22. The largest absolute Gasteiger partial charge is 0.497 e. The molecule has 3 rings (SSSR count). The summed E-state index contributed by atoms with van der Waals surface area (Å²) in [5.41, 5.74) is 12.9. The predicted molar refractivity (Wildman–Crippen MR) is 109 cm³/mol. The molecule has 2 amide bonds. The molecule has 2 heterocycles. The average molecular weight is 384 g/mol. The van der Waals surface area contributed by atoms with E-state index >= 15 is 0 Å². The van der Waals surface area contributed by atoms with Crippen LogP contribution in [0.1, 0.15) is 11.4 Å². The molecular formula is C19H24N6O3. The number of rotatable bonds is 5. The van der Waals surface area contributed by atoms with Gasteiger partial charge in [-0.15, -0.1) is 0 Å². The first-order chi connectivity index (χ1) is 13.5. The third-order valence-electron chi connectivity index (χ3n) is 4.42. The molecule has 1 fully saturated rings. The monoisotopic (exact) mass is 384 g/mol. The minimum absolute atomic E-state index is 0.276. The number of anilines is 3. The molecule has 28 heavy (non-hydrogen) atoms. The highest BCUT2D eigenvalue weighted by Crippen LogP contribution is 2.30. The van der Waals surface area contributed by atoms with Crippen molar-refractivity contribution in [3.05, 3.63) is 35.7 Å². The molecule has 0 radical (unpaired) electrons. The lowest BCUT2D eigenvalue weighted by Crippen LogP contribution is -2.38. The molecule has 0 unspecified atom stereocenters. The number of hydrogen-bond donors (Lipinski definition) is 2. The lowest BCUT2D eigenvalue weighted by molar-refractivity contribution is 0.122. The molecule has 0 aliphatic carbocycles. The Hall–Kier alpha value is -3.33. The van der Waals surface area contributed by atoms with Crippen molar-refractivity contribution in [2.24, 2.45) is 5.73 Å². The maximum Gasteiger partial charge on any atom is 0.320 e. The van der Waals surface area contributed by atoms with Gasteiger partial charge in [-0.25, -0.2) is 14.8 Å². The van der Waals surface area contributed by atoms with Crippen molar-refractivity contribution in [3.8, 4) is 5.75 Å². The van der Waals surface area contributed by atoms with Crippen molar-refractivity contribution in [1.29, 1.82) is 0 Å². The molecule has 1 saturated heterocycles. The van der Waals surface area contributed by atoms with Crippen molar-refractivity contribution < 1.29 is 14.3 Å². The van der Waals surface area contributed by atoms with Gasteiger partial charge in [0.15, 0.2) is 17.5 Å². The second-order valence-electron chi connectivity index (χ2n) is 6.25. The SMILES string of the molecule is COc1ccc(C=Cc2nc(N3CCOCC3)c(N)c(N(C)C(N)=O)n2)cc1. The highest BCUT2D eigenvalue weighted by molar-refractivity contribution is 5.94. The van der Waals surface area contributed by atoms with Crippen LogP contribution < -0.4 is 26.0 Å². The number of morpholine rings is 1. The third-order valence-corrected chi connectivity index (χ3v) is 4.42. The van der Waals surface area contributed by atoms with E-state index in [1.807, 2.05) is 35.2 Å². The minimum Gasteiger partial charge on any atom is -0.497 e. The molecule has 148 valence electrons. The van der Waals surface area contributed by atoms with Crippen LogP contribution in [0.25, 0.3) is 12.2 Å². The van der Waals surface area contributed by atoms with Crippen LogP contribution in [0.15, 0.2) is 24.3 Å². The van der Waals surface area contributed by atoms with E-state index < -0.39 is 6.03 Å². The van der Waals surface area contributed by atoms with Gasteiger partial charge in [-0.3, -0.25) is 4.90 Å². The standard InChI is InChI=1S/C19H24N6O3/c1-24(19(21)26)17-16(20)18(25-9-11-28-12-10-25)23-15(22-17)8-5-13-3-6-14(27-2)7-4-13/h3-8H,9-12,20H2,1-2H3,(H2,21,26). The molecule has 1 aromatic heterocycles. The van der Waals surface area contributed by atoms with Crippen LogP contribution in [0.2, 0.25) is 0 Å². The van der Waals surface area contributed by atoms with Crippen LogP contribution in [-0.2, 0) is 4.74 Å². The summed E-state index contributed by atoms with van der Waals surface area (Å²) < 4.78 is 10.6. The number of benzene rings is 1. The second kappa shape index (κ2) is 8.57. The third kappa shape index (κ3) is 4.32. The summed E-state index contributed by atoms with van der Waals surface area (Å²) in [7, 11) is 3.15. The minimum atomic E-state index is -0.650. The van der Waals surface area contributed by atoms with Gasteiger partial charge in [0.25, 0.3) is 0 Å². The van der Waals surface area contributed by atoms with E-state index in [1.165, 1.54) is 11.9 Å². The van der Waals surface area contributed by atoms with Gasteiger partial charge in [0.2, 0.25) is 0 Å². The van der Waals surface area contributed by atoms with Crippen LogP contribution >= 0.6 is 0 Å². The van der Waals surface area contributed by atoms with Crippen molar-refractivity contribution >= 4 is 35.5 Å². The molecule has 0 atom stereocenters. The molecule has 0 saturated carbocycles. The maximum atomic E-state index is 11.7. The smallest absolute Gasteiger partial charge is 0.320 e. The van der Waals surface area contributed by atoms with Gasteiger partial charge in [0, 0.05) is 20.1 Å². The molecule has 4 N–H and O–H groups in total. The van der Waals surface area contributed by atoms with E-state index in [9.17, 15) is 4.79 Å². The Labute approximate surface area is 163 Å². The Morgan fingerprint density at radius 2 is 1.89 bits per heavy atom. The summed E-state index contributed by atoms with van der Waals surface area (Å²) in [5.74, 6) is 2.05. The first-order valence-corrected chi connectivity index (χ1v) is 8.85. The summed E-state index contributed by atoms with van der Waals surface area (Å²) in [6.07, 6.45) is 3.64. The van der Waals surface area contributed by atoms with E-state index in [4.69, 9.17) is 20.9 Å². The number of aromatic nitrogens is 2. The van der Waals surface area contributed by atoms with Gasteiger partial charge in [-0.05, 0) is 23.8 Å². The second-order valence-corrected chi connectivity index (χ2v) is 6.25. The van der Waals surface area contributed by atoms with Crippen molar-refractivity contribution in [1.82, 2.24) is 9.97 Å². The lowest BCUT2D eigenvalue weighted by atomic mass is 10.2. The van der Waals surface area contributed by atoms with Crippen molar-refractivity contribution in [3.63, 3.8) is 0 Å². The van der Waals surface area contributed by atoms with E-state index in [0.29, 0.717) is 43.6 Å². The van der Waals surface area contributed by atoms with Crippen LogP contribution in [0.5, 0.6) is 5.75 Å². The molecule has 0 spiro atoms. The Balaban J connectivity index is 1.97. The summed E-state index contributed by atoms with van der Waals surface area (Å²) in [5, 5.41) is 0. The number of urea groups is 1. The first kappa shape index (κ1) is 19.4. The lowest BCUT2D eigenvalue weighted by Gasteiger charge is -2.30. The van der Waals surface area contributed by atoms with E-state index in [1.54, 1.807) is 13.2 Å². The Bertz CT molecular complexity index is 863. The number of carbonyl (C=O) groups is 1. The zero-order chi connectivity index (χ0) is 20.1. The number of amides is 2. The fourth-order valence-electron chi connectivity index (χ4n) is 2.80. The van der Waals surface area contributed by atoms with Crippen LogP contribution in [0.4, 0.5) is 22.1 Å². The zero-order valence-electron chi connectivity index (χ0n) is 16.0. The fourth-order valence-corrected chi connectivity index (χ4v) is 2.80. The maximum absolute atomic E-state index is 11.7. The number of primary amides is 1. The Morgan fingerprint density at radius 1 is 1.21 bits per heavy atom. The summed E-state index contributed by atoms with van der Waals surface area (Å²) in [6, 6.07) is 6.94. The Kier molecular flexibility index (Phi) is 5.95. The van der Waals surface area contributed by atoms with Crippen molar-refractivity contribution in [2.75, 3.05) is 56.0 Å². The molecule has 1 aliphatic rings. The van der Waals surface area contributed by atoms with Gasteiger partial charge < -0.3 is 25.8 Å². The number of nitrogens with two attached hydrogens (primary N) is 2. The van der Waals surface area contributed by atoms with Crippen LogP contribution in [-0.4, -0.2) is 56.5 Å². The topological polar surface area (TPSA) is 120 Å². The van der Waals surface area contributed by atoms with Gasteiger partial charge in [-0.1, -0.05) is 18.2 Å². The van der Waals surface area contributed by atoms with E-state index in [0.717, 1.165) is 11.3 Å². The van der Waals surface area contributed by atoms with Gasteiger partial charge in [0.05, 0.1) is 20.3 Å². The average Bonchev–Trinajstić information content (AvgIpc) is 2.73. The number of nitrogen functional groups attached to an aromatic ring is 1. The number of ether oxygens (including phenoxy) is 2. The van der Waals surface area contributed by atoms with Gasteiger partial charge >= 0.3 is 6.03 Å². The number of methoxy groups -OCH3 is 1. The van der Waals surface area contributed by atoms with E-state index in [-0.39, 0.29) is 5.82 Å². The first-order valence-electron chi connectivity index (χ1n) is 8.85. The van der Waals surface area contributed by atoms with Crippen LogP contribution in [0.3, 0.4) is 0 Å². The summed E-state index contributed by atoms with van der Waals surface area (Å²) in [4.78, 5) is 23.9. The fraction of sp³-hybridized carbons (Fsp3) is 0.316. The van der Waals surface area contributed by atoms with Gasteiger partial charge in [-0.2, -0.15) is 0 Å². The Morgan fingerprint density at radius 3 is 2.50 bits per heavy atom. The number of nitrogens with zero attached hydrogens (tertiary/aromatic N) is 4. The van der Waals surface area contributed by atoms with E-state index in [2.05, 4.69) is 9.97 Å². The molecule has 1 aliphatic heterocycles. The van der Waals surface area contributed by atoms with Crippen LogP contribution in [0, 0.1) is 0 Å². The number of hydrogen-bond acceptors (Lipinski definition) is 7. The molecule has 1 aromatic carbocycles. The quantitative estimate of drug-likeness (QED) is 0.803. The molecular weight excluding hydrogens is 360 g/mol.